The molecule has 0 aliphatic heterocycles. The maximum atomic E-state index is 12.5. The summed E-state index contributed by atoms with van der Waals surface area (Å²) in [5.41, 5.74) is -0.234. The van der Waals surface area contributed by atoms with E-state index in [1.54, 1.807) is 6.07 Å². The van der Waals surface area contributed by atoms with Gasteiger partial charge in [0.25, 0.3) is 5.56 Å². The number of halogens is 3. The van der Waals surface area contributed by atoms with Gasteiger partial charge in [0.1, 0.15) is 11.4 Å². The molecule has 0 saturated carbocycles. The average molecular weight is 535 g/mol. The molecule has 1 aromatic heterocycles. The van der Waals surface area contributed by atoms with Crippen molar-refractivity contribution in [3.63, 3.8) is 0 Å². The molecule has 14 heteroatoms. The molecule has 0 saturated heterocycles. The number of amides is 2. The standard InChI is InChI=1S/C23H20F3N3O6.2Na/c1-29-9-8-18(30)20(21(29)33)28-22(34)27-17(12-19(31)32)15-6-2-4-13(10-15)14-5-3-7-16(11-14)35-23(24,25)26;;/h2-11,17,30H,12H2,1H3,(H,31,32)(H2,27,28,34);;/q;2*+1/p-2/t17-;;/m0../s1. The molecular formula is C23H18F3N3Na2O6. The number of benzene rings is 2. The van der Waals surface area contributed by atoms with Crippen molar-refractivity contribution in [2.45, 2.75) is 18.8 Å². The van der Waals surface area contributed by atoms with Crippen molar-refractivity contribution in [3.8, 4) is 22.6 Å². The SMILES string of the molecule is Cn1ccc([O-])c(NC(=O)N[C@@H](CC(=O)[O-])c2cccc(-c3cccc(OC(F)(F)F)c3)c2)c1=O.[Na+].[Na+]. The number of carbonyl (C=O) groups excluding carboxylic acids is 2. The van der Waals surface area contributed by atoms with E-state index in [1.807, 2.05) is 0 Å². The van der Waals surface area contributed by atoms with Crippen molar-refractivity contribution in [1.29, 1.82) is 0 Å². The van der Waals surface area contributed by atoms with Crippen molar-refractivity contribution in [2.24, 2.45) is 7.05 Å². The Hall–Kier alpha value is -2.48. The summed E-state index contributed by atoms with van der Waals surface area (Å²) in [4.78, 5) is 35.9. The Bertz CT molecular complexity index is 1320. The normalized spacial score (nSPS) is 11.4. The number of aryl methyl sites for hydroxylation is 1. The molecule has 0 unspecified atom stereocenters. The van der Waals surface area contributed by atoms with Gasteiger partial charge in [-0.25, -0.2) is 4.79 Å². The molecule has 184 valence electrons. The number of carboxylic acid groups (broad SMARTS) is 1. The van der Waals surface area contributed by atoms with Crippen LogP contribution in [0.5, 0.6) is 11.5 Å². The molecule has 9 nitrogen and oxygen atoms in total. The first-order valence-electron chi connectivity index (χ1n) is 10.0. The second-order valence-electron chi connectivity index (χ2n) is 7.40. The van der Waals surface area contributed by atoms with Gasteiger partial charge in [-0.05, 0) is 34.9 Å². The van der Waals surface area contributed by atoms with Gasteiger partial charge in [-0.1, -0.05) is 42.1 Å². The van der Waals surface area contributed by atoms with Crippen LogP contribution in [0.15, 0.2) is 65.6 Å². The van der Waals surface area contributed by atoms with Crippen LogP contribution in [-0.4, -0.2) is 22.9 Å². The summed E-state index contributed by atoms with van der Waals surface area (Å²) in [6.07, 6.45) is -4.31. The molecule has 3 rings (SSSR count). The third kappa shape index (κ3) is 9.40. The Balaban J connectivity index is 0.00000342. The number of hydrogen-bond acceptors (Lipinski definition) is 6. The molecule has 2 amide bonds. The zero-order valence-electron chi connectivity index (χ0n) is 20.1. The number of alkyl halides is 3. The van der Waals surface area contributed by atoms with E-state index in [4.69, 9.17) is 0 Å². The molecule has 1 heterocycles. The van der Waals surface area contributed by atoms with Crippen LogP contribution in [0.1, 0.15) is 18.0 Å². The first-order chi connectivity index (χ1) is 16.4. The number of aromatic nitrogens is 1. The predicted molar refractivity (Wildman–Crippen MR) is 114 cm³/mol. The van der Waals surface area contributed by atoms with Gasteiger partial charge in [0, 0.05) is 25.6 Å². The number of carbonyl (C=O) groups is 2. The molecule has 0 spiro atoms. The van der Waals surface area contributed by atoms with Crippen LogP contribution in [0.4, 0.5) is 23.7 Å². The molecule has 0 bridgehead atoms. The number of pyridine rings is 1. The molecule has 0 aliphatic carbocycles. The van der Waals surface area contributed by atoms with E-state index >= 15 is 0 Å². The Labute approximate surface area is 253 Å². The fourth-order valence-corrected chi connectivity index (χ4v) is 3.26. The van der Waals surface area contributed by atoms with Crippen molar-refractivity contribution < 1.29 is 96.8 Å². The molecule has 0 fully saturated rings. The van der Waals surface area contributed by atoms with Gasteiger partial charge in [-0.15, -0.1) is 13.2 Å². The predicted octanol–water partition coefficient (Wildman–Crippen LogP) is -3.96. The zero-order valence-corrected chi connectivity index (χ0v) is 24.1. The minimum Gasteiger partial charge on any atom is -0.871 e. The van der Waals surface area contributed by atoms with E-state index < -0.39 is 53.6 Å². The fraction of sp³-hybridized carbons (Fsp3) is 0.174. The summed E-state index contributed by atoms with van der Waals surface area (Å²) in [6.45, 7) is 0. The van der Waals surface area contributed by atoms with Crippen LogP contribution in [0, 0.1) is 0 Å². The van der Waals surface area contributed by atoms with Gasteiger partial charge < -0.3 is 34.9 Å². The van der Waals surface area contributed by atoms with E-state index in [9.17, 15) is 37.8 Å². The summed E-state index contributed by atoms with van der Waals surface area (Å²) < 4.78 is 42.6. The number of nitrogens with zero attached hydrogens (tertiary/aromatic N) is 1. The van der Waals surface area contributed by atoms with Crippen molar-refractivity contribution >= 4 is 17.7 Å². The minimum atomic E-state index is -4.87. The Morgan fingerprint density at radius 2 is 1.68 bits per heavy atom. The molecule has 0 aliphatic rings. The molecule has 3 aromatic rings. The molecule has 2 aromatic carbocycles. The molecular weight excluding hydrogens is 517 g/mol. The number of aliphatic carboxylic acids is 1. The summed E-state index contributed by atoms with van der Waals surface area (Å²) >= 11 is 0. The van der Waals surface area contributed by atoms with Gasteiger partial charge >= 0.3 is 71.5 Å². The topological polar surface area (TPSA) is 136 Å². The number of rotatable bonds is 7. The largest absolute Gasteiger partial charge is 1.00 e. The minimum absolute atomic E-state index is 0. The average Bonchev–Trinajstić information content (AvgIpc) is 2.78. The van der Waals surface area contributed by atoms with Crippen molar-refractivity contribution in [2.75, 3.05) is 5.32 Å². The Morgan fingerprint density at radius 3 is 2.30 bits per heavy atom. The number of anilines is 1. The van der Waals surface area contributed by atoms with E-state index in [-0.39, 0.29) is 64.7 Å². The number of ether oxygens (including phenoxy) is 1. The summed E-state index contributed by atoms with van der Waals surface area (Å²) in [5, 5.41) is 27.7. The maximum Gasteiger partial charge on any atom is 1.00 e. The van der Waals surface area contributed by atoms with E-state index in [1.165, 1.54) is 43.6 Å². The summed E-state index contributed by atoms with van der Waals surface area (Å²) in [6, 6.07) is 10.1. The smallest absolute Gasteiger partial charge is 0.871 e. The first-order valence-corrected chi connectivity index (χ1v) is 10.0. The Kier molecular flexibility index (Phi) is 12.2. The van der Waals surface area contributed by atoms with Gasteiger partial charge in [0.2, 0.25) is 0 Å². The van der Waals surface area contributed by atoms with Crippen LogP contribution in [0.3, 0.4) is 0 Å². The number of carboxylic acids is 1. The van der Waals surface area contributed by atoms with Crippen LogP contribution < -0.4 is 90.3 Å². The molecule has 1 atom stereocenters. The van der Waals surface area contributed by atoms with Crippen molar-refractivity contribution in [1.82, 2.24) is 9.88 Å². The van der Waals surface area contributed by atoms with E-state index in [2.05, 4.69) is 15.4 Å². The van der Waals surface area contributed by atoms with Gasteiger partial charge in [0.15, 0.2) is 0 Å². The van der Waals surface area contributed by atoms with Crippen LogP contribution in [0.2, 0.25) is 0 Å². The number of hydrogen-bond donors (Lipinski definition) is 2. The molecule has 37 heavy (non-hydrogen) atoms. The van der Waals surface area contributed by atoms with Crippen LogP contribution in [-0.2, 0) is 11.8 Å². The number of nitrogens with one attached hydrogen (secondary N) is 2. The van der Waals surface area contributed by atoms with Crippen LogP contribution in [0.25, 0.3) is 11.1 Å². The maximum absolute atomic E-state index is 12.5. The second kappa shape index (κ2) is 13.9. The molecule has 0 radical (unpaired) electrons. The quantitative estimate of drug-likeness (QED) is 0.297. The van der Waals surface area contributed by atoms with Gasteiger partial charge in [0.05, 0.1) is 6.04 Å². The number of urea groups is 1. The van der Waals surface area contributed by atoms with Crippen molar-refractivity contribution in [3.05, 3.63) is 76.7 Å². The Morgan fingerprint density at radius 1 is 1.05 bits per heavy atom. The first kappa shape index (κ1) is 32.5. The van der Waals surface area contributed by atoms with Gasteiger partial charge in [-0.2, -0.15) is 0 Å². The summed E-state index contributed by atoms with van der Waals surface area (Å²) in [7, 11) is 1.38. The third-order valence-corrected chi connectivity index (χ3v) is 4.83. The van der Waals surface area contributed by atoms with E-state index in [0.717, 1.165) is 22.8 Å². The van der Waals surface area contributed by atoms with E-state index in [0.29, 0.717) is 11.1 Å². The second-order valence-corrected chi connectivity index (χ2v) is 7.40. The monoisotopic (exact) mass is 535 g/mol. The summed E-state index contributed by atoms with van der Waals surface area (Å²) in [5.74, 6) is -2.67. The fourth-order valence-electron chi connectivity index (χ4n) is 3.26. The molecule has 2 N–H and O–H groups in total. The van der Waals surface area contributed by atoms with Crippen LogP contribution >= 0.6 is 0 Å². The third-order valence-electron chi connectivity index (χ3n) is 4.83. The van der Waals surface area contributed by atoms with Gasteiger partial charge in [-0.3, -0.25) is 4.79 Å². The zero-order chi connectivity index (χ0) is 25.8.